The third-order valence-corrected chi connectivity index (χ3v) is 4.71. The molecule has 0 aliphatic carbocycles. The lowest BCUT2D eigenvalue weighted by Crippen LogP contribution is -2.39. The molecule has 0 saturated heterocycles. The van der Waals surface area contributed by atoms with E-state index < -0.39 is 0 Å². The Balaban J connectivity index is 2.44. The van der Waals surface area contributed by atoms with E-state index in [9.17, 15) is 0 Å². The zero-order valence-corrected chi connectivity index (χ0v) is 13.4. The minimum Gasteiger partial charge on any atom is -0.271 e. The number of hydrazine groups is 1. The molecule has 0 spiro atoms. The van der Waals surface area contributed by atoms with Gasteiger partial charge in [0, 0.05) is 30.5 Å². The van der Waals surface area contributed by atoms with Crippen LogP contribution in [0.2, 0.25) is 0 Å². The number of rotatable bonds is 9. The highest BCUT2D eigenvalue weighted by molar-refractivity contribution is 7.99. The van der Waals surface area contributed by atoms with Crippen LogP contribution in [0.3, 0.4) is 0 Å². The summed E-state index contributed by atoms with van der Waals surface area (Å²) in [5.74, 6) is 8.57. The van der Waals surface area contributed by atoms with Crippen molar-refractivity contribution in [2.75, 3.05) is 11.5 Å². The molecule has 19 heavy (non-hydrogen) atoms. The Morgan fingerprint density at radius 3 is 2.68 bits per heavy atom. The average Bonchev–Trinajstić information content (AvgIpc) is 2.84. The van der Waals surface area contributed by atoms with E-state index in [1.165, 1.54) is 5.75 Å². The van der Waals surface area contributed by atoms with Crippen LogP contribution in [0.4, 0.5) is 0 Å². The Bertz CT molecular complexity index is 351. The number of nitrogens with one attached hydrogen (secondary N) is 1. The number of nitrogens with two attached hydrogens (primary N) is 1. The standard InChI is InChI=1S/C14H28N4S/c1-5-12(4)18-7-6-13(17-18)8-14(16-15)10-19-9-11(2)3/h6-7,11-12,14,16H,5,8-10,15H2,1-4H3. The smallest absolute Gasteiger partial charge is 0.0641 e. The summed E-state index contributed by atoms with van der Waals surface area (Å²) in [4.78, 5) is 0. The maximum absolute atomic E-state index is 5.63. The number of nitrogens with zero attached hydrogens (tertiary/aromatic N) is 2. The minimum atomic E-state index is 0.295. The predicted molar refractivity (Wildman–Crippen MR) is 84.2 cm³/mol. The highest BCUT2D eigenvalue weighted by Gasteiger charge is 2.11. The molecule has 0 aliphatic heterocycles. The van der Waals surface area contributed by atoms with Crippen LogP contribution in [-0.4, -0.2) is 27.3 Å². The van der Waals surface area contributed by atoms with Gasteiger partial charge in [0.25, 0.3) is 0 Å². The molecule has 0 saturated carbocycles. The molecule has 0 aromatic carbocycles. The molecule has 1 aromatic rings. The van der Waals surface area contributed by atoms with Gasteiger partial charge < -0.3 is 0 Å². The van der Waals surface area contributed by atoms with Gasteiger partial charge in [-0.1, -0.05) is 20.8 Å². The normalized spacial score (nSPS) is 14.8. The van der Waals surface area contributed by atoms with E-state index >= 15 is 0 Å². The highest BCUT2D eigenvalue weighted by Crippen LogP contribution is 2.13. The Morgan fingerprint density at radius 1 is 1.37 bits per heavy atom. The molecule has 0 aliphatic rings. The van der Waals surface area contributed by atoms with Crippen molar-refractivity contribution in [2.45, 2.75) is 52.6 Å². The van der Waals surface area contributed by atoms with Gasteiger partial charge >= 0.3 is 0 Å². The monoisotopic (exact) mass is 284 g/mol. The quantitative estimate of drug-likeness (QED) is 0.540. The summed E-state index contributed by atoms with van der Waals surface area (Å²) >= 11 is 1.95. The number of thioether (sulfide) groups is 1. The maximum Gasteiger partial charge on any atom is 0.0641 e. The fourth-order valence-corrected chi connectivity index (χ4v) is 2.89. The van der Waals surface area contributed by atoms with E-state index in [-0.39, 0.29) is 0 Å². The average molecular weight is 284 g/mol. The fourth-order valence-electron chi connectivity index (χ4n) is 1.78. The minimum absolute atomic E-state index is 0.295. The van der Waals surface area contributed by atoms with Crippen LogP contribution in [0.5, 0.6) is 0 Å². The Hall–Kier alpha value is -0.520. The Morgan fingerprint density at radius 2 is 2.11 bits per heavy atom. The van der Waals surface area contributed by atoms with Crippen molar-refractivity contribution < 1.29 is 0 Å². The summed E-state index contributed by atoms with van der Waals surface area (Å²) in [6.07, 6.45) is 4.06. The lowest BCUT2D eigenvalue weighted by Gasteiger charge is -2.15. The van der Waals surface area contributed by atoms with Crippen molar-refractivity contribution >= 4 is 11.8 Å². The van der Waals surface area contributed by atoms with Crippen LogP contribution in [0.15, 0.2) is 12.3 Å². The first kappa shape index (κ1) is 16.5. The van der Waals surface area contributed by atoms with E-state index in [1.807, 2.05) is 16.4 Å². The van der Waals surface area contributed by atoms with E-state index in [2.05, 4.69) is 50.5 Å². The van der Waals surface area contributed by atoms with Crippen LogP contribution in [0.25, 0.3) is 0 Å². The summed E-state index contributed by atoms with van der Waals surface area (Å²) < 4.78 is 2.05. The molecule has 1 aromatic heterocycles. The molecule has 3 N–H and O–H groups in total. The molecule has 0 radical (unpaired) electrons. The van der Waals surface area contributed by atoms with Crippen LogP contribution in [0, 0.1) is 5.92 Å². The SMILES string of the molecule is CCC(C)n1ccc(CC(CSCC(C)C)NN)n1. The van der Waals surface area contributed by atoms with Gasteiger partial charge in [-0.25, -0.2) is 0 Å². The fraction of sp³-hybridized carbons (Fsp3) is 0.786. The Kier molecular flexibility index (Phi) is 7.49. The lowest BCUT2D eigenvalue weighted by molar-refractivity contribution is 0.469. The third-order valence-electron chi connectivity index (χ3n) is 3.17. The van der Waals surface area contributed by atoms with Gasteiger partial charge in [0.15, 0.2) is 0 Å². The first-order valence-electron chi connectivity index (χ1n) is 7.14. The van der Waals surface area contributed by atoms with Gasteiger partial charge in [-0.15, -0.1) is 0 Å². The van der Waals surface area contributed by atoms with Crippen LogP contribution >= 0.6 is 11.8 Å². The largest absolute Gasteiger partial charge is 0.271 e. The summed E-state index contributed by atoms with van der Waals surface area (Å²) in [5, 5.41) is 4.62. The molecular weight excluding hydrogens is 256 g/mol. The van der Waals surface area contributed by atoms with Crippen molar-refractivity contribution in [2.24, 2.45) is 11.8 Å². The number of aromatic nitrogens is 2. The van der Waals surface area contributed by atoms with Gasteiger partial charge in [-0.05, 0) is 31.1 Å². The summed E-state index contributed by atoms with van der Waals surface area (Å²) in [6.45, 7) is 8.85. The topological polar surface area (TPSA) is 55.9 Å². The second-order valence-electron chi connectivity index (χ2n) is 5.54. The van der Waals surface area contributed by atoms with E-state index in [1.54, 1.807) is 0 Å². The van der Waals surface area contributed by atoms with Gasteiger partial charge in [0.1, 0.15) is 0 Å². The molecule has 1 rings (SSSR count). The van der Waals surface area contributed by atoms with E-state index in [0.717, 1.165) is 30.2 Å². The molecule has 1 heterocycles. The van der Waals surface area contributed by atoms with Crippen molar-refractivity contribution in [3.63, 3.8) is 0 Å². The van der Waals surface area contributed by atoms with Crippen molar-refractivity contribution in [3.8, 4) is 0 Å². The molecule has 5 heteroatoms. The van der Waals surface area contributed by atoms with E-state index in [0.29, 0.717) is 12.1 Å². The molecule has 0 fully saturated rings. The number of hydrogen-bond donors (Lipinski definition) is 2. The first-order chi connectivity index (χ1) is 9.06. The third kappa shape index (κ3) is 5.97. The predicted octanol–water partition coefficient (Wildman–Crippen LogP) is 2.62. The maximum atomic E-state index is 5.63. The molecule has 110 valence electrons. The first-order valence-corrected chi connectivity index (χ1v) is 8.30. The van der Waals surface area contributed by atoms with E-state index in [4.69, 9.17) is 5.84 Å². The lowest BCUT2D eigenvalue weighted by atomic mass is 10.2. The van der Waals surface area contributed by atoms with Crippen LogP contribution in [-0.2, 0) is 6.42 Å². The van der Waals surface area contributed by atoms with Gasteiger partial charge in [-0.3, -0.25) is 16.0 Å². The van der Waals surface area contributed by atoms with Crippen LogP contribution < -0.4 is 11.3 Å². The number of hydrogen-bond acceptors (Lipinski definition) is 4. The zero-order chi connectivity index (χ0) is 14.3. The molecule has 4 nitrogen and oxygen atoms in total. The summed E-state index contributed by atoms with van der Waals surface area (Å²) in [6, 6.07) is 2.86. The van der Waals surface area contributed by atoms with Crippen molar-refractivity contribution in [3.05, 3.63) is 18.0 Å². The molecular formula is C14H28N4S. The second kappa shape index (κ2) is 8.61. The van der Waals surface area contributed by atoms with Gasteiger partial charge in [0.05, 0.1) is 5.69 Å². The second-order valence-corrected chi connectivity index (χ2v) is 6.62. The summed E-state index contributed by atoms with van der Waals surface area (Å²) in [5.41, 5.74) is 4.03. The molecule has 0 bridgehead atoms. The van der Waals surface area contributed by atoms with Crippen molar-refractivity contribution in [1.29, 1.82) is 0 Å². The van der Waals surface area contributed by atoms with Crippen molar-refractivity contribution in [1.82, 2.24) is 15.2 Å². The van der Waals surface area contributed by atoms with Gasteiger partial charge in [0.2, 0.25) is 0 Å². The Labute approximate surface area is 121 Å². The van der Waals surface area contributed by atoms with Crippen LogP contribution in [0.1, 0.15) is 45.9 Å². The highest BCUT2D eigenvalue weighted by atomic mass is 32.2. The zero-order valence-electron chi connectivity index (χ0n) is 12.6. The summed E-state index contributed by atoms with van der Waals surface area (Å²) in [7, 11) is 0. The van der Waals surface area contributed by atoms with Gasteiger partial charge in [-0.2, -0.15) is 16.9 Å². The molecule has 0 amide bonds. The molecule has 2 atom stereocenters. The molecule has 2 unspecified atom stereocenters.